The summed E-state index contributed by atoms with van der Waals surface area (Å²) in [5.74, 6) is 2.54. The lowest BCUT2D eigenvalue weighted by atomic mass is 10.2. The molecule has 3 nitrogen and oxygen atoms in total. The molecule has 2 rings (SSSR count). The van der Waals surface area contributed by atoms with Gasteiger partial charge in [0, 0.05) is 18.4 Å². The van der Waals surface area contributed by atoms with E-state index in [4.69, 9.17) is 9.15 Å². The van der Waals surface area contributed by atoms with Crippen LogP contribution in [0.2, 0.25) is 0 Å². The SMILES string of the molecule is COCCS[C@H](C)c1ncc(-c2ccccc2)o1. The third-order valence-electron chi connectivity index (χ3n) is 2.58. The van der Waals surface area contributed by atoms with Crippen LogP contribution in [0.4, 0.5) is 0 Å². The molecule has 0 aliphatic carbocycles. The van der Waals surface area contributed by atoms with E-state index in [0.717, 1.165) is 29.6 Å². The molecule has 0 N–H and O–H groups in total. The van der Waals surface area contributed by atoms with Crippen molar-refractivity contribution in [3.05, 3.63) is 42.4 Å². The van der Waals surface area contributed by atoms with Crippen LogP contribution in [0.25, 0.3) is 11.3 Å². The maximum absolute atomic E-state index is 5.79. The molecule has 0 bridgehead atoms. The van der Waals surface area contributed by atoms with E-state index in [1.165, 1.54) is 0 Å². The van der Waals surface area contributed by atoms with Crippen molar-refractivity contribution in [1.82, 2.24) is 4.98 Å². The maximum Gasteiger partial charge on any atom is 0.207 e. The largest absolute Gasteiger partial charge is 0.440 e. The topological polar surface area (TPSA) is 35.3 Å². The van der Waals surface area contributed by atoms with Gasteiger partial charge in [0.2, 0.25) is 5.89 Å². The van der Waals surface area contributed by atoms with Gasteiger partial charge in [0.05, 0.1) is 18.1 Å². The van der Waals surface area contributed by atoms with E-state index in [9.17, 15) is 0 Å². The van der Waals surface area contributed by atoms with Gasteiger partial charge in [-0.15, -0.1) is 11.8 Å². The van der Waals surface area contributed by atoms with Crippen LogP contribution in [0.15, 0.2) is 40.9 Å². The van der Waals surface area contributed by atoms with Crippen LogP contribution in [0, 0.1) is 0 Å². The molecule has 0 radical (unpaired) electrons. The molecule has 0 fully saturated rings. The van der Waals surface area contributed by atoms with Crippen molar-refractivity contribution in [2.45, 2.75) is 12.2 Å². The predicted octanol–water partition coefficient (Wildman–Crippen LogP) is 3.78. The quantitative estimate of drug-likeness (QED) is 0.743. The normalized spacial score (nSPS) is 12.6. The Hall–Kier alpha value is -1.26. The van der Waals surface area contributed by atoms with Gasteiger partial charge in [-0.05, 0) is 6.92 Å². The average molecular weight is 263 g/mol. The molecule has 4 heteroatoms. The molecule has 18 heavy (non-hydrogen) atoms. The molecular formula is C14H17NO2S. The smallest absolute Gasteiger partial charge is 0.207 e. The number of benzene rings is 1. The maximum atomic E-state index is 5.79. The third-order valence-corrected chi connectivity index (χ3v) is 3.69. The minimum atomic E-state index is 0.248. The standard InChI is InChI=1S/C14H17NO2S/c1-11(18-9-8-16-2)14-15-10-13(17-14)12-6-4-3-5-7-12/h3-7,10-11H,8-9H2,1-2H3/t11-/m1/s1. The number of ether oxygens (including phenoxy) is 1. The van der Waals surface area contributed by atoms with Crippen molar-refractivity contribution in [1.29, 1.82) is 0 Å². The number of hydrogen-bond donors (Lipinski definition) is 0. The Balaban J connectivity index is 2.02. The second-order valence-electron chi connectivity index (χ2n) is 3.93. The molecule has 0 saturated heterocycles. The van der Waals surface area contributed by atoms with Crippen molar-refractivity contribution in [2.24, 2.45) is 0 Å². The van der Waals surface area contributed by atoms with Gasteiger partial charge < -0.3 is 9.15 Å². The van der Waals surface area contributed by atoms with Crippen LogP contribution in [0.5, 0.6) is 0 Å². The Labute approximate surface area is 112 Å². The van der Waals surface area contributed by atoms with Crippen LogP contribution in [-0.4, -0.2) is 24.5 Å². The van der Waals surface area contributed by atoms with E-state index >= 15 is 0 Å². The summed E-state index contributed by atoms with van der Waals surface area (Å²) in [5, 5.41) is 0.248. The van der Waals surface area contributed by atoms with Crippen molar-refractivity contribution in [3.8, 4) is 11.3 Å². The highest BCUT2D eigenvalue weighted by Crippen LogP contribution is 2.30. The minimum absolute atomic E-state index is 0.248. The number of aromatic nitrogens is 1. The lowest BCUT2D eigenvalue weighted by Crippen LogP contribution is -1.95. The Bertz CT molecular complexity index is 470. The van der Waals surface area contributed by atoms with E-state index in [1.807, 2.05) is 30.3 Å². The Morgan fingerprint density at radius 3 is 2.83 bits per heavy atom. The van der Waals surface area contributed by atoms with E-state index in [1.54, 1.807) is 25.1 Å². The fourth-order valence-electron chi connectivity index (χ4n) is 1.59. The summed E-state index contributed by atoms with van der Waals surface area (Å²) in [7, 11) is 1.71. The van der Waals surface area contributed by atoms with Crippen LogP contribution in [-0.2, 0) is 4.74 Å². The molecule has 2 aromatic rings. The summed E-state index contributed by atoms with van der Waals surface area (Å²) < 4.78 is 10.8. The molecule has 1 atom stereocenters. The van der Waals surface area contributed by atoms with Gasteiger partial charge in [-0.1, -0.05) is 30.3 Å². The first-order chi connectivity index (χ1) is 8.81. The summed E-state index contributed by atoms with van der Waals surface area (Å²) in [5.41, 5.74) is 1.06. The molecule has 0 aliphatic rings. The van der Waals surface area contributed by atoms with E-state index in [0.29, 0.717) is 0 Å². The number of oxazole rings is 1. The Morgan fingerprint density at radius 2 is 2.11 bits per heavy atom. The predicted molar refractivity (Wildman–Crippen MR) is 74.7 cm³/mol. The summed E-state index contributed by atoms with van der Waals surface area (Å²) in [6.45, 7) is 2.85. The van der Waals surface area contributed by atoms with Gasteiger partial charge in [0.15, 0.2) is 5.76 Å². The fourth-order valence-corrected chi connectivity index (χ4v) is 2.46. The lowest BCUT2D eigenvalue weighted by molar-refractivity contribution is 0.218. The molecule has 0 aliphatic heterocycles. The third kappa shape index (κ3) is 3.37. The first-order valence-electron chi connectivity index (χ1n) is 5.93. The van der Waals surface area contributed by atoms with E-state index in [-0.39, 0.29) is 5.25 Å². The van der Waals surface area contributed by atoms with Crippen molar-refractivity contribution >= 4 is 11.8 Å². The highest BCUT2D eigenvalue weighted by Gasteiger charge is 2.13. The van der Waals surface area contributed by atoms with Gasteiger partial charge in [-0.2, -0.15) is 0 Å². The second-order valence-corrected chi connectivity index (χ2v) is 5.38. The summed E-state index contributed by atoms with van der Waals surface area (Å²) >= 11 is 1.78. The number of thioether (sulfide) groups is 1. The van der Waals surface area contributed by atoms with E-state index in [2.05, 4.69) is 11.9 Å². The van der Waals surface area contributed by atoms with Gasteiger partial charge in [0.25, 0.3) is 0 Å². The fraction of sp³-hybridized carbons (Fsp3) is 0.357. The highest BCUT2D eigenvalue weighted by atomic mass is 32.2. The molecule has 0 spiro atoms. The second kappa shape index (κ2) is 6.61. The molecule has 1 heterocycles. The van der Waals surface area contributed by atoms with Crippen LogP contribution in [0.3, 0.4) is 0 Å². The zero-order valence-electron chi connectivity index (χ0n) is 10.6. The highest BCUT2D eigenvalue weighted by molar-refractivity contribution is 7.99. The van der Waals surface area contributed by atoms with Gasteiger partial charge in [0.1, 0.15) is 0 Å². The Morgan fingerprint density at radius 1 is 1.33 bits per heavy atom. The van der Waals surface area contributed by atoms with Gasteiger partial charge in [-0.3, -0.25) is 0 Å². The minimum Gasteiger partial charge on any atom is -0.440 e. The number of rotatable bonds is 6. The molecule has 1 aromatic heterocycles. The molecule has 0 saturated carbocycles. The summed E-state index contributed by atoms with van der Waals surface area (Å²) in [6.07, 6.45) is 1.79. The van der Waals surface area contributed by atoms with Crippen molar-refractivity contribution in [2.75, 3.05) is 19.5 Å². The molecular weight excluding hydrogens is 246 g/mol. The summed E-state index contributed by atoms with van der Waals surface area (Å²) in [4.78, 5) is 4.34. The number of methoxy groups -OCH3 is 1. The Kier molecular flexibility index (Phi) is 4.84. The van der Waals surface area contributed by atoms with Crippen LogP contribution >= 0.6 is 11.8 Å². The average Bonchev–Trinajstić information content (AvgIpc) is 2.89. The molecule has 1 aromatic carbocycles. The molecule has 0 amide bonds. The zero-order valence-corrected chi connectivity index (χ0v) is 11.4. The van der Waals surface area contributed by atoms with E-state index < -0.39 is 0 Å². The zero-order chi connectivity index (χ0) is 12.8. The van der Waals surface area contributed by atoms with Crippen LogP contribution < -0.4 is 0 Å². The molecule has 96 valence electrons. The van der Waals surface area contributed by atoms with Crippen molar-refractivity contribution in [3.63, 3.8) is 0 Å². The van der Waals surface area contributed by atoms with Gasteiger partial charge >= 0.3 is 0 Å². The molecule has 0 unspecified atom stereocenters. The first-order valence-corrected chi connectivity index (χ1v) is 6.98. The monoisotopic (exact) mass is 263 g/mol. The van der Waals surface area contributed by atoms with Crippen LogP contribution in [0.1, 0.15) is 18.1 Å². The lowest BCUT2D eigenvalue weighted by Gasteiger charge is -2.06. The summed E-state index contributed by atoms with van der Waals surface area (Å²) in [6, 6.07) is 10.0. The number of hydrogen-bond acceptors (Lipinski definition) is 4. The first kappa shape index (κ1) is 13.2. The van der Waals surface area contributed by atoms with Crippen molar-refractivity contribution < 1.29 is 9.15 Å². The number of nitrogens with zero attached hydrogens (tertiary/aromatic N) is 1. The van der Waals surface area contributed by atoms with Gasteiger partial charge in [-0.25, -0.2) is 4.98 Å².